The van der Waals surface area contributed by atoms with Crippen LogP contribution in [0.5, 0.6) is 11.6 Å². The summed E-state index contributed by atoms with van der Waals surface area (Å²) in [6, 6.07) is 7.77. The topological polar surface area (TPSA) is 55.0 Å². The van der Waals surface area contributed by atoms with Crippen molar-refractivity contribution >= 4 is 15.9 Å². The minimum absolute atomic E-state index is 0.0399. The molecule has 0 aliphatic carbocycles. The van der Waals surface area contributed by atoms with E-state index in [1.165, 1.54) is 6.33 Å². The van der Waals surface area contributed by atoms with Gasteiger partial charge in [0.2, 0.25) is 5.88 Å². The fraction of sp³-hybridized carbons (Fsp3) is 0.286. The zero-order valence-corrected chi connectivity index (χ0v) is 12.6. The number of halogens is 1. The predicted octanol–water partition coefficient (Wildman–Crippen LogP) is 3.62. The molecule has 1 aromatic heterocycles. The number of aromatic nitrogens is 2. The lowest BCUT2D eigenvalue weighted by Crippen LogP contribution is -2.11. The Balaban J connectivity index is 2.34. The van der Waals surface area contributed by atoms with Gasteiger partial charge >= 0.3 is 0 Å². The van der Waals surface area contributed by atoms with Crippen molar-refractivity contribution in [2.75, 3.05) is 0 Å². The van der Waals surface area contributed by atoms with Gasteiger partial charge in [-0.3, -0.25) is 4.79 Å². The Morgan fingerprint density at radius 1 is 1.32 bits per heavy atom. The Hall–Kier alpha value is -1.62. The van der Waals surface area contributed by atoms with Gasteiger partial charge in [0.15, 0.2) is 0 Å². The van der Waals surface area contributed by atoms with E-state index in [2.05, 4.69) is 46.7 Å². The van der Waals surface area contributed by atoms with Crippen LogP contribution in [0.4, 0.5) is 0 Å². The summed E-state index contributed by atoms with van der Waals surface area (Å²) in [5.41, 5.74) is 0.931. The lowest BCUT2D eigenvalue weighted by molar-refractivity contribution is 0.454. The summed E-state index contributed by atoms with van der Waals surface area (Å²) in [5, 5.41) is 0. The summed E-state index contributed by atoms with van der Waals surface area (Å²) in [6.45, 7) is 6.40. The first kappa shape index (κ1) is 13.8. The molecule has 100 valence electrons. The Morgan fingerprint density at radius 2 is 2.05 bits per heavy atom. The van der Waals surface area contributed by atoms with Gasteiger partial charge in [0, 0.05) is 0 Å². The quantitative estimate of drug-likeness (QED) is 0.918. The number of nitrogens with one attached hydrogen (secondary N) is 1. The first-order valence-electron chi connectivity index (χ1n) is 5.89. The third-order valence-electron chi connectivity index (χ3n) is 2.68. The van der Waals surface area contributed by atoms with Crippen LogP contribution in [0, 0.1) is 0 Å². The van der Waals surface area contributed by atoms with Crippen LogP contribution in [0.3, 0.4) is 0 Å². The van der Waals surface area contributed by atoms with Crippen LogP contribution in [-0.4, -0.2) is 9.97 Å². The van der Waals surface area contributed by atoms with Gasteiger partial charge in [-0.1, -0.05) is 32.9 Å². The van der Waals surface area contributed by atoms with Crippen LogP contribution >= 0.6 is 15.9 Å². The highest BCUT2D eigenvalue weighted by Crippen LogP contribution is 2.29. The molecule has 2 rings (SSSR count). The molecule has 0 amide bonds. The number of nitrogens with zero attached hydrogens (tertiary/aromatic N) is 1. The lowest BCUT2D eigenvalue weighted by atomic mass is 9.87. The Bertz CT molecular complexity index is 644. The molecule has 1 N–H and O–H groups in total. The van der Waals surface area contributed by atoms with Gasteiger partial charge in [0.05, 0.1) is 6.33 Å². The summed E-state index contributed by atoms with van der Waals surface area (Å²) in [7, 11) is 0. The molecule has 1 heterocycles. The maximum absolute atomic E-state index is 11.4. The highest BCUT2D eigenvalue weighted by Gasteiger charge is 2.15. The molecular formula is C14H15BrN2O2. The standard InChI is InChI=1S/C14H15BrN2O2/c1-14(2,3)9-5-4-6-10(7-9)19-13-11(15)12(18)16-8-17-13/h4-8H,1-3H3,(H,16,17,18). The van der Waals surface area contributed by atoms with Gasteiger partial charge in [0.1, 0.15) is 10.2 Å². The van der Waals surface area contributed by atoms with Crippen molar-refractivity contribution in [3.8, 4) is 11.6 Å². The average Bonchev–Trinajstić information content (AvgIpc) is 2.34. The molecule has 19 heavy (non-hydrogen) atoms. The van der Waals surface area contributed by atoms with Crippen LogP contribution < -0.4 is 10.3 Å². The van der Waals surface area contributed by atoms with Gasteiger partial charge in [-0.25, -0.2) is 4.98 Å². The third kappa shape index (κ3) is 3.23. The van der Waals surface area contributed by atoms with Crippen molar-refractivity contribution in [1.82, 2.24) is 9.97 Å². The van der Waals surface area contributed by atoms with E-state index in [1.807, 2.05) is 24.3 Å². The molecule has 2 aromatic rings. The SMILES string of the molecule is CC(C)(C)c1cccc(Oc2nc[nH]c(=O)c2Br)c1. The first-order chi connectivity index (χ1) is 8.88. The molecule has 4 nitrogen and oxygen atoms in total. The average molecular weight is 323 g/mol. The monoisotopic (exact) mass is 322 g/mol. The van der Waals surface area contributed by atoms with Gasteiger partial charge in [-0.05, 0) is 39.0 Å². The molecule has 0 saturated carbocycles. The minimum atomic E-state index is -0.267. The van der Waals surface area contributed by atoms with Gasteiger partial charge in [0.25, 0.3) is 5.56 Å². The molecule has 0 radical (unpaired) electrons. The highest BCUT2D eigenvalue weighted by atomic mass is 79.9. The van der Waals surface area contributed by atoms with Crippen LogP contribution in [0.2, 0.25) is 0 Å². The first-order valence-corrected chi connectivity index (χ1v) is 6.69. The number of benzene rings is 1. The second-order valence-corrected chi connectivity index (χ2v) is 6.02. The van der Waals surface area contributed by atoms with E-state index in [1.54, 1.807) is 0 Å². The van der Waals surface area contributed by atoms with E-state index < -0.39 is 0 Å². The maximum atomic E-state index is 11.4. The largest absolute Gasteiger partial charge is 0.438 e. The fourth-order valence-corrected chi connectivity index (χ4v) is 1.87. The van der Waals surface area contributed by atoms with Crippen molar-refractivity contribution in [1.29, 1.82) is 0 Å². The Morgan fingerprint density at radius 3 is 2.74 bits per heavy atom. The van der Waals surface area contributed by atoms with Crippen LogP contribution in [0.15, 0.2) is 39.9 Å². The molecule has 0 bridgehead atoms. The van der Waals surface area contributed by atoms with E-state index in [0.29, 0.717) is 5.75 Å². The lowest BCUT2D eigenvalue weighted by Gasteiger charge is -2.19. The molecule has 0 saturated heterocycles. The van der Waals surface area contributed by atoms with Crippen molar-refractivity contribution in [3.05, 3.63) is 51.0 Å². The van der Waals surface area contributed by atoms with Crippen molar-refractivity contribution in [2.45, 2.75) is 26.2 Å². The fourth-order valence-electron chi connectivity index (χ4n) is 1.58. The molecule has 0 aliphatic rings. The molecular weight excluding hydrogens is 308 g/mol. The van der Waals surface area contributed by atoms with Gasteiger partial charge < -0.3 is 9.72 Å². The zero-order chi connectivity index (χ0) is 14.0. The van der Waals surface area contributed by atoms with E-state index in [4.69, 9.17) is 4.74 Å². The van der Waals surface area contributed by atoms with E-state index in [0.717, 1.165) is 5.56 Å². The van der Waals surface area contributed by atoms with Gasteiger partial charge in [-0.2, -0.15) is 0 Å². The number of rotatable bonds is 2. The van der Waals surface area contributed by atoms with Crippen molar-refractivity contribution in [2.24, 2.45) is 0 Å². The number of aromatic amines is 1. The van der Waals surface area contributed by atoms with Crippen LogP contribution in [-0.2, 0) is 5.41 Å². The smallest absolute Gasteiger partial charge is 0.268 e. The zero-order valence-electron chi connectivity index (χ0n) is 11.0. The second-order valence-electron chi connectivity index (χ2n) is 5.23. The summed E-state index contributed by atoms with van der Waals surface area (Å²) in [4.78, 5) is 17.9. The van der Waals surface area contributed by atoms with Crippen molar-refractivity contribution in [3.63, 3.8) is 0 Å². The molecule has 0 atom stereocenters. The predicted molar refractivity (Wildman–Crippen MR) is 77.8 cm³/mol. The molecule has 5 heteroatoms. The Kier molecular flexibility index (Phi) is 3.75. The summed E-state index contributed by atoms with van der Waals surface area (Å²) in [5.74, 6) is 0.918. The number of hydrogen-bond donors (Lipinski definition) is 1. The molecule has 0 fully saturated rings. The minimum Gasteiger partial charge on any atom is -0.438 e. The molecule has 1 aromatic carbocycles. The molecule has 0 unspecified atom stereocenters. The van der Waals surface area contributed by atoms with Crippen LogP contribution in [0.1, 0.15) is 26.3 Å². The highest BCUT2D eigenvalue weighted by molar-refractivity contribution is 9.10. The number of H-pyrrole nitrogens is 1. The Labute approximate surface area is 120 Å². The number of ether oxygens (including phenoxy) is 1. The van der Waals surface area contributed by atoms with E-state index in [-0.39, 0.29) is 21.3 Å². The second kappa shape index (κ2) is 5.17. The summed E-state index contributed by atoms with van der Waals surface area (Å²) >= 11 is 3.16. The summed E-state index contributed by atoms with van der Waals surface area (Å²) < 4.78 is 5.94. The van der Waals surface area contributed by atoms with E-state index >= 15 is 0 Å². The molecule has 0 aliphatic heterocycles. The molecule has 0 spiro atoms. The number of hydrogen-bond acceptors (Lipinski definition) is 3. The van der Waals surface area contributed by atoms with Crippen molar-refractivity contribution < 1.29 is 4.74 Å². The van der Waals surface area contributed by atoms with E-state index in [9.17, 15) is 4.79 Å². The maximum Gasteiger partial charge on any atom is 0.268 e. The third-order valence-corrected chi connectivity index (χ3v) is 3.38. The van der Waals surface area contributed by atoms with Crippen LogP contribution in [0.25, 0.3) is 0 Å². The normalized spacial score (nSPS) is 11.4. The summed E-state index contributed by atoms with van der Waals surface area (Å²) in [6.07, 6.45) is 1.32. The van der Waals surface area contributed by atoms with Gasteiger partial charge in [-0.15, -0.1) is 0 Å².